The van der Waals surface area contributed by atoms with E-state index in [0.717, 1.165) is 12.3 Å². The van der Waals surface area contributed by atoms with Crippen molar-refractivity contribution < 1.29 is 0 Å². The minimum absolute atomic E-state index is 0. The predicted octanol–water partition coefficient (Wildman–Crippen LogP) is 4.67. The molecule has 1 rings (SSSR count). The molecule has 1 atom stereocenters. The van der Waals surface area contributed by atoms with Gasteiger partial charge in [0.2, 0.25) is 0 Å². The highest BCUT2D eigenvalue weighted by molar-refractivity contribution is 5.85. The summed E-state index contributed by atoms with van der Waals surface area (Å²) in [6.07, 6.45) is 2.28. The van der Waals surface area contributed by atoms with E-state index in [9.17, 15) is 0 Å². The molecule has 98 valence electrons. The van der Waals surface area contributed by atoms with Crippen LogP contribution in [0.4, 0.5) is 0 Å². The molecule has 17 heavy (non-hydrogen) atoms. The predicted molar refractivity (Wildman–Crippen MR) is 78.8 cm³/mol. The van der Waals surface area contributed by atoms with Gasteiger partial charge in [-0.15, -0.1) is 12.4 Å². The lowest BCUT2D eigenvalue weighted by molar-refractivity contribution is 0.507. The first-order chi connectivity index (χ1) is 7.50. The number of benzene rings is 1. The van der Waals surface area contributed by atoms with E-state index < -0.39 is 0 Å². The fraction of sp³-hybridized carbons (Fsp3) is 0.600. The smallest absolute Gasteiger partial charge is 0.0295 e. The molecule has 2 heteroatoms. The van der Waals surface area contributed by atoms with Gasteiger partial charge >= 0.3 is 0 Å². The maximum absolute atomic E-state index is 6.21. The summed E-state index contributed by atoms with van der Waals surface area (Å²) in [5.41, 5.74) is 8.88. The third-order valence-electron chi connectivity index (χ3n) is 3.06. The molecular weight excluding hydrogens is 230 g/mol. The van der Waals surface area contributed by atoms with Crippen molar-refractivity contribution in [2.45, 2.75) is 52.5 Å². The molecule has 0 amide bonds. The Morgan fingerprint density at radius 1 is 1.00 bits per heavy atom. The van der Waals surface area contributed by atoms with Gasteiger partial charge in [-0.25, -0.2) is 0 Å². The van der Waals surface area contributed by atoms with Gasteiger partial charge in [0.15, 0.2) is 0 Å². The summed E-state index contributed by atoms with van der Waals surface area (Å²) in [5.74, 6) is 1.32. The summed E-state index contributed by atoms with van der Waals surface area (Å²) in [6, 6.07) is 8.91. The van der Waals surface area contributed by atoms with Gasteiger partial charge in [-0.3, -0.25) is 0 Å². The largest absolute Gasteiger partial charge is 0.324 e. The second kappa shape index (κ2) is 7.73. The van der Waals surface area contributed by atoms with Crippen LogP contribution in [0.3, 0.4) is 0 Å². The Labute approximate surface area is 112 Å². The molecule has 2 N–H and O–H groups in total. The lowest BCUT2D eigenvalue weighted by atomic mass is 9.94. The van der Waals surface area contributed by atoms with Crippen molar-refractivity contribution in [3.8, 4) is 0 Å². The van der Waals surface area contributed by atoms with Gasteiger partial charge in [0, 0.05) is 6.04 Å². The first-order valence-electron chi connectivity index (χ1n) is 6.36. The van der Waals surface area contributed by atoms with E-state index in [4.69, 9.17) is 5.73 Å². The van der Waals surface area contributed by atoms with Crippen molar-refractivity contribution in [1.29, 1.82) is 0 Å². The zero-order valence-corrected chi connectivity index (χ0v) is 12.3. The van der Waals surface area contributed by atoms with E-state index in [2.05, 4.69) is 52.0 Å². The molecular formula is C15H26ClN. The van der Waals surface area contributed by atoms with E-state index in [0.29, 0.717) is 5.92 Å². The lowest BCUT2D eigenvalue weighted by Gasteiger charge is -2.15. The highest BCUT2D eigenvalue weighted by Gasteiger charge is 2.08. The zero-order chi connectivity index (χ0) is 12.1. The minimum atomic E-state index is 0. The summed E-state index contributed by atoms with van der Waals surface area (Å²) < 4.78 is 0. The molecule has 0 heterocycles. The van der Waals surface area contributed by atoms with Crippen molar-refractivity contribution in [3.05, 3.63) is 35.4 Å². The Balaban J connectivity index is 0.00000256. The molecule has 0 aliphatic carbocycles. The van der Waals surface area contributed by atoms with Crippen LogP contribution in [0.2, 0.25) is 0 Å². The molecule has 1 aromatic carbocycles. The van der Waals surface area contributed by atoms with Crippen molar-refractivity contribution in [2.24, 2.45) is 11.7 Å². The average molecular weight is 256 g/mol. The van der Waals surface area contributed by atoms with Gasteiger partial charge < -0.3 is 5.73 Å². The monoisotopic (exact) mass is 255 g/mol. The Bertz CT molecular complexity index is 320. The normalized spacial score (nSPS) is 12.6. The van der Waals surface area contributed by atoms with E-state index in [1.54, 1.807) is 0 Å². The quantitative estimate of drug-likeness (QED) is 0.813. The van der Waals surface area contributed by atoms with E-state index in [1.165, 1.54) is 17.5 Å². The topological polar surface area (TPSA) is 26.0 Å². The van der Waals surface area contributed by atoms with Crippen molar-refractivity contribution in [1.82, 2.24) is 0 Å². The van der Waals surface area contributed by atoms with Crippen LogP contribution in [-0.2, 0) is 0 Å². The van der Waals surface area contributed by atoms with Gasteiger partial charge in [-0.1, -0.05) is 52.0 Å². The van der Waals surface area contributed by atoms with Gasteiger partial charge in [0.25, 0.3) is 0 Å². The first kappa shape index (κ1) is 16.5. The lowest BCUT2D eigenvalue weighted by Crippen LogP contribution is -2.11. The summed E-state index contributed by atoms with van der Waals surface area (Å²) in [7, 11) is 0. The first-order valence-corrected chi connectivity index (χ1v) is 6.36. The minimum Gasteiger partial charge on any atom is -0.324 e. The van der Waals surface area contributed by atoms with Crippen LogP contribution >= 0.6 is 12.4 Å². The standard InChI is InChI=1S/C15H25N.ClH/c1-11(2)8-9-15(16)14-7-5-6-13(10-14)12(3)4;/h5-7,10-12,15H,8-9,16H2,1-4H3;1H/t15-;/m1./s1. The van der Waals surface area contributed by atoms with Gasteiger partial charge in [-0.2, -0.15) is 0 Å². The molecule has 0 spiro atoms. The van der Waals surface area contributed by atoms with Crippen LogP contribution in [0.5, 0.6) is 0 Å². The van der Waals surface area contributed by atoms with E-state index >= 15 is 0 Å². The molecule has 0 saturated carbocycles. The second-order valence-electron chi connectivity index (χ2n) is 5.40. The molecule has 1 aromatic rings. The molecule has 0 radical (unpaired) electrons. The molecule has 0 aliphatic heterocycles. The highest BCUT2D eigenvalue weighted by Crippen LogP contribution is 2.22. The third kappa shape index (κ3) is 5.56. The van der Waals surface area contributed by atoms with Gasteiger partial charge in [-0.05, 0) is 35.8 Å². The molecule has 0 fully saturated rings. The van der Waals surface area contributed by atoms with Crippen LogP contribution in [-0.4, -0.2) is 0 Å². The molecule has 1 nitrogen and oxygen atoms in total. The maximum Gasteiger partial charge on any atom is 0.0295 e. The summed E-state index contributed by atoms with van der Waals surface area (Å²) in [4.78, 5) is 0. The summed E-state index contributed by atoms with van der Waals surface area (Å²) in [6.45, 7) is 8.94. The van der Waals surface area contributed by atoms with E-state index in [-0.39, 0.29) is 18.4 Å². The zero-order valence-electron chi connectivity index (χ0n) is 11.4. The van der Waals surface area contributed by atoms with Gasteiger partial charge in [0.1, 0.15) is 0 Å². The second-order valence-corrected chi connectivity index (χ2v) is 5.40. The number of hydrogen-bond acceptors (Lipinski definition) is 1. The van der Waals surface area contributed by atoms with Crippen LogP contribution in [0.15, 0.2) is 24.3 Å². The fourth-order valence-electron chi connectivity index (χ4n) is 1.83. The fourth-order valence-corrected chi connectivity index (χ4v) is 1.83. The Morgan fingerprint density at radius 2 is 1.59 bits per heavy atom. The molecule has 0 bridgehead atoms. The molecule has 0 aromatic heterocycles. The SMILES string of the molecule is CC(C)CC[C@@H](N)c1cccc(C(C)C)c1.Cl. The number of rotatable bonds is 5. The van der Waals surface area contributed by atoms with Crippen molar-refractivity contribution in [2.75, 3.05) is 0 Å². The Kier molecular flexibility index (Phi) is 7.49. The van der Waals surface area contributed by atoms with Gasteiger partial charge in [0.05, 0.1) is 0 Å². The van der Waals surface area contributed by atoms with Crippen LogP contribution in [0, 0.1) is 5.92 Å². The van der Waals surface area contributed by atoms with Crippen molar-refractivity contribution >= 4 is 12.4 Å². The number of halogens is 1. The Hall–Kier alpha value is -0.530. The van der Waals surface area contributed by atoms with Crippen LogP contribution < -0.4 is 5.73 Å². The van der Waals surface area contributed by atoms with Crippen LogP contribution in [0.25, 0.3) is 0 Å². The number of hydrogen-bond donors (Lipinski definition) is 1. The van der Waals surface area contributed by atoms with Crippen molar-refractivity contribution in [3.63, 3.8) is 0 Å². The van der Waals surface area contributed by atoms with E-state index in [1.807, 2.05) is 0 Å². The molecule has 0 unspecified atom stereocenters. The third-order valence-corrected chi connectivity index (χ3v) is 3.06. The molecule has 0 saturated heterocycles. The average Bonchev–Trinajstić information content (AvgIpc) is 2.26. The summed E-state index contributed by atoms with van der Waals surface area (Å²) >= 11 is 0. The Morgan fingerprint density at radius 3 is 2.12 bits per heavy atom. The maximum atomic E-state index is 6.21. The number of nitrogens with two attached hydrogens (primary N) is 1. The van der Waals surface area contributed by atoms with Crippen LogP contribution in [0.1, 0.15) is 63.6 Å². The summed E-state index contributed by atoms with van der Waals surface area (Å²) in [5, 5.41) is 0. The molecule has 0 aliphatic rings. The highest BCUT2D eigenvalue weighted by atomic mass is 35.5.